The molecule has 0 aliphatic rings. The average molecular weight is 319 g/mol. The van der Waals surface area contributed by atoms with Crippen LogP contribution in [0.3, 0.4) is 0 Å². The Hall–Kier alpha value is 0.354. The second-order valence-corrected chi connectivity index (χ2v) is 17.3. The molecule has 0 atom stereocenters. The molecule has 0 bridgehead atoms. The topological polar surface area (TPSA) is 18.5 Å². The Bertz CT molecular complexity index is 284. The lowest BCUT2D eigenvalue weighted by Gasteiger charge is -2.39. The van der Waals surface area contributed by atoms with Crippen LogP contribution in [0.2, 0.25) is 37.3 Å². The zero-order valence-electron chi connectivity index (χ0n) is 15.6. The molecular formula is C16H38O2Si2. The highest BCUT2D eigenvalue weighted by Gasteiger charge is 2.38. The molecule has 0 unspecified atom stereocenters. The lowest BCUT2D eigenvalue weighted by molar-refractivity contribution is 0.112. The quantitative estimate of drug-likeness (QED) is 0.552. The van der Waals surface area contributed by atoms with Crippen LogP contribution in [0.1, 0.15) is 55.4 Å². The molecule has 0 aliphatic carbocycles. The fourth-order valence-electron chi connectivity index (χ4n) is 2.86. The minimum atomic E-state index is -1.61. The largest absolute Gasteiger partial charge is 0.413 e. The summed E-state index contributed by atoms with van der Waals surface area (Å²) < 4.78 is 12.9. The minimum absolute atomic E-state index is 0.0190. The van der Waals surface area contributed by atoms with Crippen molar-refractivity contribution in [3.63, 3.8) is 0 Å². The van der Waals surface area contributed by atoms with E-state index < -0.39 is 16.6 Å². The van der Waals surface area contributed by atoms with E-state index in [9.17, 15) is 0 Å². The molecule has 0 amide bonds. The molecule has 2 nitrogen and oxygen atoms in total. The van der Waals surface area contributed by atoms with Crippen LogP contribution in [0.4, 0.5) is 0 Å². The van der Waals surface area contributed by atoms with Crippen molar-refractivity contribution in [2.45, 2.75) is 104 Å². The first-order valence-corrected chi connectivity index (χ1v) is 13.8. The second kappa shape index (κ2) is 7.08. The first-order valence-electron chi connectivity index (χ1n) is 8.14. The molecule has 4 heteroatoms. The SMILES string of the molecule is CC[Si](CC)(CC[Si](C)(C)OC(C)(C)C)OC(C)(C)C. The Morgan fingerprint density at radius 2 is 1.10 bits per heavy atom. The highest BCUT2D eigenvalue weighted by atomic mass is 28.4. The van der Waals surface area contributed by atoms with E-state index in [0.29, 0.717) is 0 Å². The van der Waals surface area contributed by atoms with Gasteiger partial charge in [0.15, 0.2) is 16.6 Å². The van der Waals surface area contributed by atoms with Gasteiger partial charge in [-0.1, -0.05) is 13.8 Å². The van der Waals surface area contributed by atoms with Gasteiger partial charge in [0.05, 0.1) is 0 Å². The highest BCUT2D eigenvalue weighted by Crippen LogP contribution is 2.33. The van der Waals surface area contributed by atoms with Crippen LogP contribution in [0.25, 0.3) is 0 Å². The Balaban J connectivity index is 4.78. The first-order chi connectivity index (χ1) is 8.74. The van der Waals surface area contributed by atoms with E-state index in [1.165, 1.54) is 24.2 Å². The molecule has 0 N–H and O–H groups in total. The summed E-state index contributed by atoms with van der Waals surface area (Å²) in [4.78, 5) is 0. The maximum atomic E-state index is 6.55. The second-order valence-electron chi connectivity index (χ2n) is 8.58. The Morgan fingerprint density at radius 1 is 0.700 bits per heavy atom. The van der Waals surface area contributed by atoms with Crippen molar-refractivity contribution in [3.05, 3.63) is 0 Å². The van der Waals surface area contributed by atoms with E-state index in [1.807, 2.05) is 0 Å². The van der Waals surface area contributed by atoms with E-state index in [0.717, 1.165) is 0 Å². The zero-order chi connectivity index (χ0) is 16.2. The van der Waals surface area contributed by atoms with Crippen molar-refractivity contribution < 1.29 is 8.85 Å². The predicted octanol–water partition coefficient (Wildman–Crippen LogP) is 5.81. The third kappa shape index (κ3) is 8.60. The molecular weight excluding hydrogens is 280 g/mol. The lowest BCUT2D eigenvalue weighted by Crippen LogP contribution is -2.46. The highest BCUT2D eigenvalue weighted by molar-refractivity contribution is 6.78. The molecule has 0 saturated heterocycles. The summed E-state index contributed by atoms with van der Waals surface area (Å²) in [6.45, 7) is 22.4. The summed E-state index contributed by atoms with van der Waals surface area (Å²) in [7, 11) is -3.21. The van der Waals surface area contributed by atoms with E-state index >= 15 is 0 Å². The molecule has 0 aliphatic heterocycles. The van der Waals surface area contributed by atoms with Crippen molar-refractivity contribution in [3.8, 4) is 0 Å². The van der Waals surface area contributed by atoms with Crippen molar-refractivity contribution in [1.29, 1.82) is 0 Å². The predicted molar refractivity (Wildman–Crippen MR) is 95.5 cm³/mol. The molecule has 122 valence electrons. The van der Waals surface area contributed by atoms with Crippen molar-refractivity contribution in [2.75, 3.05) is 0 Å². The summed E-state index contributed by atoms with van der Waals surface area (Å²) in [5, 5.41) is 0. The standard InChI is InChI=1S/C16H38O2Si2/c1-11-20(12-2,18-16(6,7)8)14-13-19(9,10)17-15(3,4)5/h11-14H2,1-10H3. The summed E-state index contributed by atoms with van der Waals surface area (Å²) >= 11 is 0. The fraction of sp³-hybridized carbons (Fsp3) is 1.00. The number of hydrogen-bond acceptors (Lipinski definition) is 2. The van der Waals surface area contributed by atoms with Crippen LogP contribution in [0, 0.1) is 0 Å². The summed E-state index contributed by atoms with van der Waals surface area (Å²) in [5.41, 5.74) is -0.0436. The average Bonchev–Trinajstić information content (AvgIpc) is 2.19. The van der Waals surface area contributed by atoms with Crippen LogP contribution in [-0.2, 0) is 8.85 Å². The minimum Gasteiger partial charge on any atom is -0.413 e. The van der Waals surface area contributed by atoms with Gasteiger partial charge < -0.3 is 8.85 Å². The molecule has 20 heavy (non-hydrogen) atoms. The maximum absolute atomic E-state index is 6.55. The Kier molecular flexibility index (Phi) is 7.20. The Morgan fingerprint density at radius 3 is 1.40 bits per heavy atom. The maximum Gasteiger partial charge on any atom is 0.192 e. The third-order valence-corrected chi connectivity index (χ3v) is 11.5. The van der Waals surface area contributed by atoms with Gasteiger partial charge in [0.25, 0.3) is 0 Å². The van der Waals surface area contributed by atoms with Gasteiger partial charge in [0, 0.05) is 11.2 Å². The van der Waals surface area contributed by atoms with Gasteiger partial charge in [-0.05, 0) is 78.8 Å². The summed E-state index contributed by atoms with van der Waals surface area (Å²) in [6.07, 6.45) is 0. The Labute approximate surface area is 129 Å². The molecule has 0 fully saturated rings. The molecule has 0 saturated carbocycles. The third-order valence-electron chi connectivity index (χ3n) is 3.58. The van der Waals surface area contributed by atoms with Gasteiger partial charge in [-0.2, -0.15) is 0 Å². The lowest BCUT2D eigenvalue weighted by atomic mass is 10.2. The van der Waals surface area contributed by atoms with Crippen LogP contribution in [0.5, 0.6) is 0 Å². The molecule has 0 aromatic rings. The van der Waals surface area contributed by atoms with Gasteiger partial charge in [0.2, 0.25) is 0 Å². The zero-order valence-corrected chi connectivity index (χ0v) is 17.6. The van der Waals surface area contributed by atoms with Crippen LogP contribution in [-0.4, -0.2) is 27.8 Å². The monoisotopic (exact) mass is 318 g/mol. The van der Waals surface area contributed by atoms with Gasteiger partial charge in [-0.3, -0.25) is 0 Å². The number of hydrogen-bond donors (Lipinski definition) is 0. The van der Waals surface area contributed by atoms with Gasteiger partial charge >= 0.3 is 0 Å². The van der Waals surface area contributed by atoms with Gasteiger partial charge in [-0.25, -0.2) is 0 Å². The summed E-state index contributed by atoms with van der Waals surface area (Å²) in [5.74, 6) is 0. The van der Waals surface area contributed by atoms with Gasteiger partial charge in [-0.15, -0.1) is 0 Å². The molecule has 0 heterocycles. The normalized spacial score (nSPS) is 14.7. The first kappa shape index (κ1) is 20.4. The van der Waals surface area contributed by atoms with Crippen LogP contribution >= 0.6 is 0 Å². The number of rotatable bonds is 7. The molecule has 0 aromatic carbocycles. The summed E-state index contributed by atoms with van der Waals surface area (Å²) in [6, 6.07) is 4.88. The van der Waals surface area contributed by atoms with E-state index in [-0.39, 0.29) is 11.2 Å². The van der Waals surface area contributed by atoms with E-state index in [1.54, 1.807) is 0 Å². The fourth-order valence-corrected chi connectivity index (χ4v) is 11.7. The van der Waals surface area contributed by atoms with Gasteiger partial charge in [0.1, 0.15) is 0 Å². The van der Waals surface area contributed by atoms with Crippen LogP contribution in [0.15, 0.2) is 0 Å². The molecule has 0 rings (SSSR count). The van der Waals surface area contributed by atoms with Crippen molar-refractivity contribution >= 4 is 16.6 Å². The molecule has 0 spiro atoms. The van der Waals surface area contributed by atoms with E-state index in [4.69, 9.17) is 8.85 Å². The van der Waals surface area contributed by atoms with Crippen molar-refractivity contribution in [2.24, 2.45) is 0 Å². The van der Waals surface area contributed by atoms with Crippen LogP contribution < -0.4 is 0 Å². The molecule has 0 radical (unpaired) electrons. The molecule has 0 aromatic heterocycles. The van der Waals surface area contributed by atoms with E-state index in [2.05, 4.69) is 68.5 Å². The smallest absolute Gasteiger partial charge is 0.192 e. The van der Waals surface area contributed by atoms with Crippen molar-refractivity contribution in [1.82, 2.24) is 0 Å².